The molecule has 0 N–H and O–H groups in total. The maximum Gasteiger partial charge on any atom is 0.306 e. The predicted octanol–water partition coefficient (Wildman–Crippen LogP) is 18.6. The zero-order chi connectivity index (χ0) is 50.0. The summed E-state index contributed by atoms with van der Waals surface area (Å²) in [6.45, 7) is 6.22. The fraction of sp³-hybridized carbons (Fsp3) is 0.603. The first-order valence-electron chi connectivity index (χ1n) is 27.7. The molecule has 0 heterocycles. The number of hydrogen-bond acceptors (Lipinski definition) is 6. The van der Waals surface area contributed by atoms with Crippen LogP contribution < -0.4 is 0 Å². The molecule has 0 fully saturated rings. The van der Waals surface area contributed by atoms with Gasteiger partial charge in [-0.3, -0.25) is 14.4 Å². The van der Waals surface area contributed by atoms with Crippen molar-refractivity contribution in [1.29, 1.82) is 0 Å². The molecule has 69 heavy (non-hydrogen) atoms. The SMILES string of the molecule is CC/C=C\C/C=C\C/C=C\C/C=C\C/C=C\CCC(=O)OC(COC(=O)CCCCCCCC/C=C\C/C=C\C/C=C\CC)COC(=O)CCCCCCCCCCC/C=C\C/C=C\C/C=C\CC. The Morgan fingerprint density at radius 3 is 0.870 bits per heavy atom. The quantitative estimate of drug-likeness (QED) is 0.0262. The van der Waals surface area contributed by atoms with Gasteiger partial charge >= 0.3 is 17.9 Å². The average Bonchev–Trinajstić information content (AvgIpc) is 3.35. The highest BCUT2D eigenvalue weighted by Crippen LogP contribution is 2.14. The van der Waals surface area contributed by atoms with Crippen LogP contribution in [0.3, 0.4) is 0 Å². The molecule has 0 aliphatic heterocycles. The predicted molar refractivity (Wildman–Crippen MR) is 297 cm³/mol. The summed E-state index contributed by atoms with van der Waals surface area (Å²) in [5.74, 6) is -1.03. The van der Waals surface area contributed by atoms with E-state index in [-0.39, 0.29) is 31.6 Å². The van der Waals surface area contributed by atoms with Gasteiger partial charge in [-0.15, -0.1) is 0 Å². The van der Waals surface area contributed by atoms with E-state index in [1.807, 2.05) is 12.2 Å². The molecule has 0 rings (SSSR count). The molecular weight excluding hydrogens is 853 g/mol. The maximum absolute atomic E-state index is 12.8. The van der Waals surface area contributed by atoms with Crippen LogP contribution in [0.2, 0.25) is 0 Å². The molecule has 0 aromatic rings. The van der Waals surface area contributed by atoms with Crippen LogP contribution in [0, 0.1) is 0 Å². The van der Waals surface area contributed by atoms with E-state index in [1.54, 1.807) is 0 Å². The molecule has 1 unspecified atom stereocenters. The third-order valence-electron chi connectivity index (χ3n) is 11.1. The summed E-state index contributed by atoms with van der Waals surface area (Å²) < 4.78 is 16.8. The van der Waals surface area contributed by atoms with Gasteiger partial charge in [0.2, 0.25) is 0 Å². The van der Waals surface area contributed by atoms with Gasteiger partial charge in [0.05, 0.1) is 0 Å². The molecule has 0 spiro atoms. The first-order chi connectivity index (χ1) is 34.0. The van der Waals surface area contributed by atoms with Crippen LogP contribution in [0.25, 0.3) is 0 Å². The van der Waals surface area contributed by atoms with Crippen molar-refractivity contribution in [1.82, 2.24) is 0 Å². The van der Waals surface area contributed by atoms with E-state index in [9.17, 15) is 14.4 Å². The molecule has 388 valence electrons. The van der Waals surface area contributed by atoms with Crippen molar-refractivity contribution in [3.63, 3.8) is 0 Å². The lowest BCUT2D eigenvalue weighted by molar-refractivity contribution is -0.166. The summed E-state index contributed by atoms with van der Waals surface area (Å²) in [7, 11) is 0. The number of carbonyl (C=O) groups is 3. The maximum atomic E-state index is 12.8. The molecule has 0 aliphatic carbocycles. The van der Waals surface area contributed by atoms with Gasteiger partial charge in [0, 0.05) is 19.3 Å². The molecule has 0 saturated heterocycles. The van der Waals surface area contributed by atoms with Crippen LogP contribution in [0.5, 0.6) is 0 Å². The van der Waals surface area contributed by atoms with Crippen molar-refractivity contribution in [2.24, 2.45) is 0 Å². The molecule has 0 amide bonds. The van der Waals surface area contributed by atoms with Gasteiger partial charge in [-0.2, -0.15) is 0 Å². The van der Waals surface area contributed by atoms with E-state index in [1.165, 1.54) is 51.4 Å². The van der Waals surface area contributed by atoms with Gasteiger partial charge in [0.15, 0.2) is 6.10 Å². The summed E-state index contributed by atoms with van der Waals surface area (Å²) in [5.41, 5.74) is 0. The highest BCUT2D eigenvalue weighted by Gasteiger charge is 2.19. The van der Waals surface area contributed by atoms with Crippen LogP contribution in [0.4, 0.5) is 0 Å². The molecule has 6 heteroatoms. The van der Waals surface area contributed by atoms with Crippen molar-refractivity contribution < 1.29 is 28.6 Å². The average molecular weight is 953 g/mol. The molecule has 0 aromatic carbocycles. The second kappa shape index (κ2) is 56.1. The van der Waals surface area contributed by atoms with Gasteiger partial charge in [0.1, 0.15) is 13.2 Å². The Morgan fingerprint density at radius 1 is 0.290 bits per heavy atom. The van der Waals surface area contributed by atoms with Crippen molar-refractivity contribution in [3.05, 3.63) is 134 Å². The number of unbranched alkanes of at least 4 members (excludes halogenated alkanes) is 15. The van der Waals surface area contributed by atoms with Crippen LogP contribution in [-0.2, 0) is 28.6 Å². The van der Waals surface area contributed by atoms with Crippen molar-refractivity contribution >= 4 is 17.9 Å². The summed E-state index contributed by atoms with van der Waals surface area (Å²) in [6, 6.07) is 0. The Balaban J connectivity index is 4.52. The Labute approximate surface area is 424 Å². The van der Waals surface area contributed by atoms with Gasteiger partial charge in [0.25, 0.3) is 0 Å². The summed E-state index contributed by atoms with van der Waals surface area (Å²) in [6.07, 6.45) is 78.8. The summed E-state index contributed by atoms with van der Waals surface area (Å²) >= 11 is 0. The van der Waals surface area contributed by atoms with E-state index in [0.29, 0.717) is 19.3 Å². The van der Waals surface area contributed by atoms with E-state index in [0.717, 1.165) is 128 Å². The number of rotatable bonds is 48. The highest BCUT2D eigenvalue weighted by molar-refractivity contribution is 5.71. The molecule has 1 atom stereocenters. The Kier molecular flexibility index (Phi) is 52.5. The fourth-order valence-corrected chi connectivity index (χ4v) is 7.11. The van der Waals surface area contributed by atoms with E-state index in [4.69, 9.17) is 14.2 Å². The zero-order valence-corrected chi connectivity index (χ0v) is 44.3. The second-order valence-corrected chi connectivity index (χ2v) is 17.7. The minimum absolute atomic E-state index is 0.119. The molecule has 0 aromatic heterocycles. The van der Waals surface area contributed by atoms with Crippen LogP contribution >= 0.6 is 0 Å². The normalized spacial score (nSPS) is 13.1. The molecule has 0 aliphatic rings. The highest BCUT2D eigenvalue weighted by atomic mass is 16.6. The lowest BCUT2D eigenvalue weighted by atomic mass is 10.1. The third-order valence-corrected chi connectivity index (χ3v) is 11.1. The van der Waals surface area contributed by atoms with Crippen molar-refractivity contribution in [2.45, 2.75) is 232 Å². The van der Waals surface area contributed by atoms with Gasteiger partial charge in [-0.1, -0.05) is 225 Å². The first-order valence-corrected chi connectivity index (χ1v) is 27.7. The topological polar surface area (TPSA) is 78.9 Å². The number of ether oxygens (including phenoxy) is 3. The summed E-state index contributed by atoms with van der Waals surface area (Å²) in [4.78, 5) is 38.1. The van der Waals surface area contributed by atoms with Crippen molar-refractivity contribution in [2.75, 3.05) is 13.2 Å². The second-order valence-electron chi connectivity index (χ2n) is 17.7. The first kappa shape index (κ1) is 64.5. The molecule has 0 radical (unpaired) electrons. The minimum Gasteiger partial charge on any atom is -0.462 e. The lowest BCUT2D eigenvalue weighted by Crippen LogP contribution is -2.30. The van der Waals surface area contributed by atoms with Crippen LogP contribution in [0.15, 0.2) is 134 Å². The molecule has 6 nitrogen and oxygen atoms in total. The standard InChI is InChI=1S/C63H100O6/c1-4-7-10-13-16-19-22-25-28-31-32-33-36-38-41-44-47-50-53-56-62(65)68-59-60(69-63(66)57-54-51-48-45-42-39-35-30-27-24-21-18-15-12-9-6-3)58-67-61(64)55-52-49-46-43-40-37-34-29-26-23-20-17-14-11-8-5-2/h7-12,16-21,25-30,39,42,48,51,60H,4-6,13-15,22-24,31-38,40-41,43-47,49-50,52-59H2,1-3H3/b10-7-,11-8-,12-9-,19-16-,20-17-,21-18-,28-25-,29-26-,30-27-,42-39-,51-48-. The van der Waals surface area contributed by atoms with Crippen LogP contribution in [0.1, 0.15) is 226 Å². The smallest absolute Gasteiger partial charge is 0.306 e. The van der Waals surface area contributed by atoms with E-state index >= 15 is 0 Å². The van der Waals surface area contributed by atoms with E-state index < -0.39 is 12.1 Å². The van der Waals surface area contributed by atoms with Gasteiger partial charge in [-0.05, 0) is 116 Å². The monoisotopic (exact) mass is 953 g/mol. The minimum atomic E-state index is -0.831. The largest absolute Gasteiger partial charge is 0.462 e. The Hall–Kier alpha value is -4.45. The molecule has 0 saturated carbocycles. The molecule has 0 bridgehead atoms. The van der Waals surface area contributed by atoms with E-state index in [2.05, 4.69) is 142 Å². The number of hydrogen-bond donors (Lipinski definition) is 0. The zero-order valence-electron chi connectivity index (χ0n) is 44.3. The van der Waals surface area contributed by atoms with Crippen molar-refractivity contribution in [3.8, 4) is 0 Å². The number of allylic oxidation sites excluding steroid dienone is 22. The Bertz CT molecular complexity index is 1510. The lowest BCUT2D eigenvalue weighted by Gasteiger charge is -2.18. The van der Waals surface area contributed by atoms with Crippen LogP contribution in [-0.4, -0.2) is 37.2 Å². The van der Waals surface area contributed by atoms with Gasteiger partial charge in [-0.25, -0.2) is 0 Å². The fourth-order valence-electron chi connectivity index (χ4n) is 7.11. The summed E-state index contributed by atoms with van der Waals surface area (Å²) in [5, 5.41) is 0. The number of carbonyl (C=O) groups excluding carboxylic acids is 3. The number of esters is 3. The van der Waals surface area contributed by atoms with Gasteiger partial charge < -0.3 is 14.2 Å². The third kappa shape index (κ3) is 54.4. The molecular formula is C63H100O6. The Morgan fingerprint density at radius 2 is 0.551 bits per heavy atom.